The van der Waals surface area contributed by atoms with Crippen molar-refractivity contribution in [1.29, 1.82) is 0 Å². The molecular formula is C20H20F3N7O8S2. The summed E-state index contributed by atoms with van der Waals surface area (Å²) in [5.41, 5.74) is 0.983. The van der Waals surface area contributed by atoms with Crippen LogP contribution in [0.1, 0.15) is 24.1 Å². The van der Waals surface area contributed by atoms with Crippen LogP contribution in [-0.2, 0) is 30.0 Å². The van der Waals surface area contributed by atoms with Crippen molar-refractivity contribution >= 4 is 27.1 Å². The van der Waals surface area contributed by atoms with Gasteiger partial charge in [0.1, 0.15) is 42.8 Å². The van der Waals surface area contributed by atoms with Gasteiger partial charge < -0.3 is 5.11 Å². The Balaban J connectivity index is 0.000000424. The second-order valence-corrected chi connectivity index (χ2v) is 10.2. The minimum absolute atomic E-state index is 0.0138. The number of nitrogens with one attached hydrogen (secondary N) is 1. The largest absolute Gasteiger partial charge is 0.413 e. The molecule has 4 N–H and O–H groups in total. The third-order valence-corrected chi connectivity index (χ3v) is 6.74. The van der Waals surface area contributed by atoms with E-state index in [1.807, 2.05) is 0 Å². The molecule has 2 atom stereocenters. The van der Waals surface area contributed by atoms with Crippen LogP contribution in [0.5, 0.6) is 0 Å². The Hall–Kier alpha value is -3.66. The fraction of sp³-hybridized carbons (Fsp3) is 0.250. The quantitative estimate of drug-likeness (QED) is 0.260. The van der Waals surface area contributed by atoms with E-state index in [1.54, 1.807) is 6.92 Å². The first-order chi connectivity index (χ1) is 18.6. The van der Waals surface area contributed by atoms with Gasteiger partial charge in [0.15, 0.2) is 11.6 Å². The van der Waals surface area contributed by atoms with Gasteiger partial charge in [0, 0.05) is 11.5 Å². The molecule has 216 valence electrons. The molecule has 1 aliphatic rings. The molecule has 15 nitrogen and oxygen atoms in total. The standard InChI is InChI=1S/C20H18F3N7O.H2O7S2/c1-12(18-16(22)5-24-8-27-18)20(31,7-30-11-26-10-29-30)15-3-2-13(21)4-14(15)19-17(23)6-25-9-28-19;1-8(2,3)7-9(4,5)6/h2-6,8-9,11-12,29,31H,7,10H2,1H3;(H,1,2,3)(H,4,5,6)/t12-,20+;/m0./s1. The summed E-state index contributed by atoms with van der Waals surface area (Å²) in [7, 11) is -10.2. The normalized spacial score (nSPS) is 15.7. The zero-order valence-electron chi connectivity index (χ0n) is 20.1. The molecule has 0 saturated carbocycles. The lowest BCUT2D eigenvalue weighted by molar-refractivity contribution is -0.0136. The number of benzene rings is 1. The zero-order valence-corrected chi connectivity index (χ0v) is 21.8. The molecular weight excluding hydrogens is 587 g/mol. The van der Waals surface area contributed by atoms with E-state index in [4.69, 9.17) is 9.11 Å². The molecule has 0 bridgehead atoms. The van der Waals surface area contributed by atoms with Crippen LogP contribution in [0.4, 0.5) is 13.2 Å². The average Bonchev–Trinajstić information content (AvgIpc) is 3.35. The van der Waals surface area contributed by atoms with Gasteiger partial charge in [-0.25, -0.2) is 38.5 Å². The molecule has 1 aliphatic heterocycles. The van der Waals surface area contributed by atoms with Crippen LogP contribution in [0.25, 0.3) is 11.3 Å². The maximum absolute atomic E-state index is 14.5. The summed E-state index contributed by atoms with van der Waals surface area (Å²) < 4.78 is 98.8. The van der Waals surface area contributed by atoms with Gasteiger partial charge in [-0.3, -0.25) is 19.1 Å². The third-order valence-electron chi connectivity index (χ3n) is 5.36. The topological polar surface area (TPSA) is 217 Å². The van der Waals surface area contributed by atoms with Crippen LogP contribution < -0.4 is 5.43 Å². The van der Waals surface area contributed by atoms with Gasteiger partial charge >= 0.3 is 20.8 Å². The maximum atomic E-state index is 14.5. The average molecular weight is 608 g/mol. The first-order valence-electron chi connectivity index (χ1n) is 10.7. The molecule has 0 spiro atoms. The van der Waals surface area contributed by atoms with Crippen molar-refractivity contribution in [2.24, 2.45) is 4.99 Å². The van der Waals surface area contributed by atoms with Crippen molar-refractivity contribution in [2.45, 2.75) is 18.4 Å². The summed E-state index contributed by atoms with van der Waals surface area (Å²) >= 11 is 0. The van der Waals surface area contributed by atoms with Crippen molar-refractivity contribution in [3.8, 4) is 11.3 Å². The lowest BCUT2D eigenvalue weighted by Gasteiger charge is -2.38. The molecule has 2 aromatic heterocycles. The van der Waals surface area contributed by atoms with Crippen LogP contribution in [-0.4, -0.2) is 75.5 Å². The highest BCUT2D eigenvalue weighted by Crippen LogP contribution is 2.42. The molecule has 0 radical (unpaired) electrons. The van der Waals surface area contributed by atoms with Crippen LogP contribution in [0.3, 0.4) is 0 Å². The van der Waals surface area contributed by atoms with E-state index in [2.05, 4.69) is 34.0 Å². The number of aliphatic imine (C=N–C) groups is 1. The summed E-state index contributed by atoms with van der Waals surface area (Å²) in [4.78, 5) is 19.2. The second kappa shape index (κ2) is 12.2. The SMILES string of the molecule is C[C@@H](c1ncncc1F)[C@](O)(CN1C=NCN1)c1ccc(F)cc1-c1ncncc1F.O=S(=O)(O)OS(=O)(=O)O. The van der Waals surface area contributed by atoms with E-state index in [9.17, 15) is 35.1 Å². The fourth-order valence-corrected chi connectivity index (χ4v) is 4.57. The molecule has 0 aliphatic carbocycles. The Morgan fingerprint density at radius 1 is 1.05 bits per heavy atom. The summed E-state index contributed by atoms with van der Waals surface area (Å²) in [6.45, 7) is 1.75. The van der Waals surface area contributed by atoms with E-state index in [0.717, 1.165) is 30.9 Å². The number of β-amino-alcohol motifs (C(OH)–C–C–N with tert-alkyl or cyclic N) is 1. The minimum Gasteiger partial charge on any atom is -0.383 e. The van der Waals surface area contributed by atoms with E-state index in [1.165, 1.54) is 23.7 Å². The van der Waals surface area contributed by atoms with Crippen LogP contribution >= 0.6 is 0 Å². The number of hydrogen-bond acceptors (Lipinski definition) is 13. The van der Waals surface area contributed by atoms with E-state index >= 15 is 0 Å². The highest BCUT2D eigenvalue weighted by molar-refractivity contribution is 7.94. The van der Waals surface area contributed by atoms with Gasteiger partial charge in [0.25, 0.3) is 0 Å². The lowest BCUT2D eigenvalue weighted by Crippen LogP contribution is -2.47. The van der Waals surface area contributed by atoms with Crippen LogP contribution in [0.15, 0.2) is 48.2 Å². The number of nitrogens with zero attached hydrogens (tertiary/aromatic N) is 6. The monoisotopic (exact) mass is 607 g/mol. The summed E-state index contributed by atoms with van der Waals surface area (Å²) in [6, 6.07) is 3.53. The van der Waals surface area contributed by atoms with Crippen LogP contribution in [0.2, 0.25) is 0 Å². The molecule has 3 heterocycles. The summed E-state index contributed by atoms with van der Waals surface area (Å²) in [5, 5.41) is 13.5. The predicted molar refractivity (Wildman–Crippen MR) is 129 cm³/mol. The van der Waals surface area contributed by atoms with Gasteiger partial charge in [-0.15, -0.1) is 3.63 Å². The highest BCUT2D eigenvalue weighted by Gasteiger charge is 2.43. The Kier molecular flexibility index (Phi) is 9.45. The Morgan fingerprint density at radius 3 is 2.20 bits per heavy atom. The second-order valence-electron chi connectivity index (χ2n) is 7.98. The minimum atomic E-state index is -5.12. The highest BCUT2D eigenvalue weighted by atomic mass is 32.3. The van der Waals surface area contributed by atoms with Crippen molar-refractivity contribution < 1.29 is 47.8 Å². The third kappa shape index (κ3) is 7.94. The van der Waals surface area contributed by atoms with Crippen molar-refractivity contribution in [3.63, 3.8) is 0 Å². The fourth-order valence-electron chi connectivity index (χ4n) is 3.70. The molecule has 4 rings (SSSR count). The molecule has 40 heavy (non-hydrogen) atoms. The van der Waals surface area contributed by atoms with Gasteiger partial charge in [0.05, 0.1) is 24.6 Å². The van der Waals surface area contributed by atoms with E-state index in [0.29, 0.717) is 6.67 Å². The molecule has 0 fully saturated rings. The summed E-state index contributed by atoms with van der Waals surface area (Å²) in [5.74, 6) is -3.10. The molecule has 20 heteroatoms. The maximum Gasteiger partial charge on any atom is 0.413 e. The number of hydrogen-bond donors (Lipinski definition) is 4. The number of aromatic nitrogens is 4. The van der Waals surface area contributed by atoms with Crippen molar-refractivity contribution in [1.82, 2.24) is 30.4 Å². The predicted octanol–water partition coefficient (Wildman–Crippen LogP) is 0.757. The van der Waals surface area contributed by atoms with Crippen molar-refractivity contribution in [2.75, 3.05) is 13.2 Å². The number of halogens is 3. The van der Waals surface area contributed by atoms with E-state index in [-0.39, 0.29) is 29.1 Å². The first kappa shape index (κ1) is 30.9. The van der Waals surface area contributed by atoms with Gasteiger partial charge in [-0.1, -0.05) is 13.0 Å². The molecule has 0 amide bonds. The number of aliphatic hydroxyl groups is 1. The molecule has 1 aromatic carbocycles. The zero-order chi connectivity index (χ0) is 29.7. The lowest BCUT2D eigenvalue weighted by atomic mass is 9.77. The Morgan fingerprint density at radius 2 is 1.68 bits per heavy atom. The van der Waals surface area contributed by atoms with Gasteiger partial charge in [0.2, 0.25) is 0 Å². The van der Waals surface area contributed by atoms with E-state index < -0.39 is 49.8 Å². The first-order valence-corrected chi connectivity index (χ1v) is 13.4. The van der Waals surface area contributed by atoms with Gasteiger partial charge in [-0.2, -0.15) is 16.8 Å². The van der Waals surface area contributed by atoms with Gasteiger partial charge in [-0.05, 0) is 17.7 Å². The Labute approximate surface area is 225 Å². The summed E-state index contributed by atoms with van der Waals surface area (Å²) in [6.07, 6.45) is 5.69. The van der Waals surface area contributed by atoms with Crippen LogP contribution in [0, 0.1) is 17.5 Å². The smallest absolute Gasteiger partial charge is 0.383 e. The molecule has 0 unspecified atom stereocenters. The Bertz CT molecular complexity index is 1590. The number of hydrazine groups is 1. The molecule has 3 aromatic rings. The van der Waals surface area contributed by atoms with Crippen molar-refractivity contribution in [3.05, 3.63) is 72.0 Å². The number of rotatable bonds is 8. The molecule has 0 saturated heterocycles.